The Labute approximate surface area is 122 Å². The Balaban J connectivity index is 1.98. The van der Waals surface area contributed by atoms with Gasteiger partial charge in [-0.2, -0.15) is 0 Å². The van der Waals surface area contributed by atoms with Crippen LogP contribution in [0.1, 0.15) is 44.7 Å². The molecule has 2 heterocycles. The van der Waals surface area contributed by atoms with Gasteiger partial charge in [-0.15, -0.1) is 0 Å². The molecule has 112 valence electrons. The van der Waals surface area contributed by atoms with Crippen LogP contribution in [0.3, 0.4) is 0 Å². The van der Waals surface area contributed by atoms with Crippen molar-refractivity contribution in [3.05, 3.63) is 23.9 Å². The van der Waals surface area contributed by atoms with Crippen molar-refractivity contribution in [1.82, 2.24) is 15.2 Å². The van der Waals surface area contributed by atoms with Gasteiger partial charge >= 0.3 is 0 Å². The predicted octanol–water partition coefficient (Wildman–Crippen LogP) is 2.62. The molecule has 0 spiro atoms. The number of likely N-dealkylation sites (tertiary alicyclic amines) is 1. The highest BCUT2D eigenvalue weighted by atomic mass is 16.5. The third kappa shape index (κ3) is 3.93. The molecule has 1 saturated heterocycles. The maximum Gasteiger partial charge on any atom is 0.218 e. The summed E-state index contributed by atoms with van der Waals surface area (Å²) in [5, 5.41) is 3.42. The second-order valence-electron chi connectivity index (χ2n) is 5.62. The molecule has 0 aromatic carbocycles. The minimum absolute atomic E-state index is 0.271. The second-order valence-corrected chi connectivity index (χ2v) is 5.62. The average molecular weight is 277 g/mol. The lowest BCUT2D eigenvalue weighted by atomic mass is 10.0. The number of pyridine rings is 1. The fourth-order valence-corrected chi connectivity index (χ4v) is 2.80. The van der Waals surface area contributed by atoms with Gasteiger partial charge in [-0.1, -0.05) is 19.4 Å². The Morgan fingerprint density at radius 3 is 3.10 bits per heavy atom. The normalized spacial score (nSPS) is 21.6. The summed E-state index contributed by atoms with van der Waals surface area (Å²) in [6.45, 7) is 7.13. The molecule has 1 fully saturated rings. The molecular formula is C16H27N3O. The summed E-state index contributed by atoms with van der Waals surface area (Å²) < 4.78 is 6.02. The lowest BCUT2D eigenvalue weighted by Gasteiger charge is -2.32. The Morgan fingerprint density at radius 1 is 1.50 bits per heavy atom. The van der Waals surface area contributed by atoms with Crippen molar-refractivity contribution in [2.45, 2.75) is 45.2 Å². The summed E-state index contributed by atoms with van der Waals surface area (Å²) in [5.41, 5.74) is 1.15. The fraction of sp³-hybridized carbons (Fsp3) is 0.688. The molecule has 1 aliphatic heterocycles. The maximum atomic E-state index is 6.02. The van der Waals surface area contributed by atoms with Crippen LogP contribution in [0.15, 0.2) is 18.3 Å². The van der Waals surface area contributed by atoms with Crippen molar-refractivity contribution in [3.63, 3.8) is 0 Å². The highest BCUT2D eigenvalue weighted by molar-refractivity contribution is 5.28. The van der Waals surface area contributed by atoms with Gasteiger partial charge in [0, 0.05) is 23.8 Å². The quantitative estimate of drug-likeness (QED) is 0.867. The summed E-state index contributed by atoms with van der Waals surface area (Å²) in [4.78, 5) is 6.81. The van der Waals surface area contributed by atoms with Gasteiger partial charge < -0.3 is 15.0 Å². The van der Waals surface area contributed by atoms with E-state index in [1.165, 1.54) is 25.8 Å². The first-order chi connectivity index (χ1) is 9.72. The van der Waals surface area contributed by atoms with Crippen molar-refractivity contribution in [3.8, 4) is 5.88 Å². The van der Waals surface area contributed by atoms with Gasteiger partial charge in [-0.25, -0.2) is 4.98 Å². The SMILES string of the molecule is CCNC(C)c1cccnc1OCC1CCCCN1C. The molecule has 0 radical (unpaired) electrons. The van der Waals surface area contributed by atoms with E-state index in [0.29, 0.717) is 6.04 Å². The first-order valence-electron chi connectivity index (χ1n) is 7.73. The highest BCUT2D eigenvalue weighted by Gasteiger charge is 2.20. The molecule has 0 bridgehead atoms. The van der Waals surface area contributed by atoms with Gasteiger partial charge in [0.15, 0.2) is 0 Å². The largest absolute Gasteiger partial charge is 0.476 e. The van der Waals surface area contributed by atoms with Crippen LogP contribution in [0.2, 0.25) is 0 Å². The third-order valence-electron chi connectivity index (χ3n) is 4.11. The lowest BCUT2D eigenvalue weighted by Crippen LogP contribution is -2.40. The number of hydrogen-bond donors (Lipinski definition) is 1. The zero-order valence-corrected chi connectivity index (χ0v) is 12.9. The van der Waals surface area contributed by atoms with Crippen molar-refractivity contribution >= 4 is 0 Å². The van der Waals surface area contributed by atoms with Gasteiger partial charge in [-0.05, 0) is 46.0 Å². The van der Waals surface area contributed by atoms with E-state index in [9.17, 15) is 0 Å². The molecule has 1 aromatic heterocycles. The number of nitrogens with zero attached hydrogens (tertiary/aromatic N) is 2. The van der Waals surface area contributed by atoms with Crippen molar-refractivity contribution in [2.24, 2.45) is 0 Å². The molecule has 0 saturated carbocycles. The maximum absolute atomic E-state index is 6.02. The van der Waals surface area contributed by atoms with E-state index in [-0.39, 0.29) is 6.04 Å². The van der Waals surface area contributed by atoms with Crippen LogP contribution < -0.4 is 10.1 Å². The molecule has 4 heteroatoms. The average Bonchev–Trinajstić information content (AvgIpc) is 2.47. The minimum atomic E-state index is 0.271. The van der Waals surface area contributed by atoms with Crippen molar-refractivity contribution in [2.75, 3.05) is 26.7 Å². The number of likely N-dealkylation sites (N-methyl/N-ethyl adjacent to an activating group) is 1. The van der Waals surface area contributed by atoms with E-state index < -0.39 is 0 Å². The molecule has 1 N–H and O–H groups in total. The highest BCUT2D eigenvalue weighted by Crippen LogP contribution is 2.23. The first-order valence-corrected chi connectivity index (χ1v) is 7.73. The molecule has 2 unspecified atom stereocenters. The van der Waals surface area contributed by atoms with Crippen LogP contribution in [-0.4, -0.2) is 42.7 Å². The van der Waals surface area contributed by atoms with Crippen LogP contribution in [0.5, 0.6) is 5.88 Å². The molecule has 20 heavy (non-hydrogen) atoms. The number of piperidine rings is 1. The number of rotatable bonds is 6. The monoisotopic (exact) mass is 277 g/mol. The topological polar surface area (TPSA) is 37.4 Å². The zero-order chi connectivity index (χ0) is 14.4. The molecule has 4 nitrogen and oxygen atoms in total. The van der Waals surface area contributed by atoms with Gasteiger partial charge in [0.25, 0.3) is 0 Å². The predicted molar refractivity (Wildman–Crippen MR) is 82.1 cm³/mol. The molecule has 2 atom stereocenters. The van der Waals surface area contributed by atoms with Crippen LogP contribution in [0.4, 0.5) is 0 Å². The third-order valence-corrected chi connectivity index (χ3v) is 4.11. The minimum Gasteiger partial charge on any atom is -0.476 e. The van der Waals surface area contributed by atoms with E-state index in [0.717, 1.165) is 24.6 Å². The smallest absolute Gasteiger partial charge is 0.218 e. The van der Waals surface area contributed by atoms with E-state index in [1.54, 1.807) is 0 Å². The molecule has 2 rings (SSSR count). The summed E-state index contributed by atoms with van der Waals surface area (Å²) in [6, 6.07) is 4.86. The van der Waals surface area contributed by atoms with Crippen molar-refractivity contribution < 1.29 is 4.74 Å². The van der Waals surface area contributed by atoms with Gasteiger partial charge in [0.05, 0.1) is 0 Å². The molecule has 1 aromatic rings. The van der Waals surface area contributed by atoms with E-state index >= 15 is 0 Å². The Bertz CT molecular complexity index is 410. The number of hydrogen-bond acceptors (Lipinski definition) is 4. The van der Waals surface area contributed by atoms with Gasteiger partial charge in [0.2, 0.25) is 5.88 Å². The summed E-state index contributed by atoms with van der Waals surface area (Å²) in [7, 11) is 2.19. The van der Waals surface area contributed by atoms with Crippen LogP contribution in [0.25, 0.3) is 0 Å². The zero-order valence-electron chi connectivity index (χ0n) is 12.9. The van der Waals surface area contributed by atoms with E-state index in [1.807, 2.05) is 12.3 Å². The fourth-order valence-electron chi connectivity index (χ4n) is 2.80. The summed E-state index contributed by atoms with van der Waals surface area (Å²) in [5.74, 6) is 0.778. The molecular weight excluding hydrogens is 250 g/mol. The van der Waals surface area contributed by atoms with Gasteiger partial charge in [0.1, 0.15) is 6.61 Å². The first kappa shape index (κ1) is 15.3. The Kier molecular flexibility index (Phi) is 5.80. The Hall–Kier alpha value is -1.13. The van der Waals surface area contributed by atoms with Crippen molar-refractivity contribution in [1.29, 1.82) is 0 Å². The number of nitrogens with one attached hydrogen (secondary N) is 1. The van der Waals surface area contributed by atoms with E-state index in [2.05, 4.69) is 42.2 Å². The standard InChI is InChI=1S/C16H27N3O/c1-4-17-13(2)15-9-7-10-18-16(15)20-12-14-8-5-6-11-19(14)3/h7,9-10,13-14,17H,4-6,8,11-12H2,1-3H3. The summed E-state index contributed by atoms with van der Waals surface area (Å²) >= 11 is 0. The number of aromatic nitrogens is 1. The lowest BCUT2D eigenvalue weighted by molar-refractivity contribution is 0.121. The van der Waals surface area contributed by atoms with Crippen LogP contribution in [-0.2, 0) is 0 Å². The Morgan fingerprint density at radius 2 is 2.35 bits per heavy atom. The van der Waals surface area contributed by atoms with E-state index in [4.69, 9.17) is 4.74 Å². The number of ether oxygens (including phenoxy) is 1. The summed E-state index contributed by atoms with van der Waals surface area (Å²) in [6.07, 6.45) is 5.64. The van der Waals surface area contributed by atoms with Crippen LogP contribution >= 0.6 is 0 Å². The van der Waals surface area contributed by atoms with Gasteiger partial charge in [-0.3, -0.25) is 0 Å². The second kappa shape index (κ2) is 7.60. The molecule has 0 aliphatic carbocycles. The van der Waals surface area contributed by atoms with Crippen LogP contribution in [0, 0.1) is 0 Å². The molecule has 1 aliphatic rings. The molecule has 0 amide bonds.